The lowest BCUT2D eigenvalue weighted by atomic mass is 10.0. The third kappa shape index (κ3) is 43.9. The summed E-state index contributed by atoms with van der Waals surface area (Å²) in [5, 5.41) is 0. The monoisotopic (exact) mass is 828 g/mol. The number of phosphoric ester groups is 1. The predicted octanol–water partition coefficient (Wildman–Crippen LogP) is 13.9. The van der Waals surface area contributed by atoms with E-state index >= 15 is 0 Å². The van der Waals surface area contributed by atoms with Crippen LogP contribution >= 0.6 is 7.82 Å². The van der Waals surface area contributed by atoms with Crippen molar-refractivity contribution >= 4 is 19.8 Å². The molecule has 0 spiro atoms. The molecule has 0 radical (unpaired) electrons. The highest BCUT2D eigenvalue weighted by molar-refractivity contribution is 7.47. The number of rotatable bonds is 45. The number of carbonyl (C=O) groups excluding carboxylic acids is 2. The molecule has 9 nitrogen and oxygen atoms in total. The van der Waals surface area contributed by atoms with Crippen LogP contribution in [0.15, 0.2) is 24.3 Å². The van der Waals surface area contributed by atoms with Gasteiger partial charge < -0.3 is 20.1 Å². The summed E-state index contributed by atoms with van der Waals surface area (Å²) in [6.07, 6.45) is 47.8. The van der Waals surface area contributed by atoms with Crippen LogP contribution in [0.25, 0.3) is 0 Å². The Bertz CT molecular complexity index is 990. The van der Waals surface area contributed by atoms with Crippen LogP contribution in [-0.2, 0) is 32.7 Å². The van der Waals surface area contributed by atoms with E-state index in [4.69, 9.17) is 24.3 Å². The molecule has 1 unspecified atom stereocenters. The highest BCUT2D eigenvalue weighted by atomic mass is 31.2. The van der Waals surface area contributed by atoms with Gasteiger partial charge in [0, 0.05) is 19.4 Å². The molecule has 0 saturated heterocycles. The fourth-order valence-corrected chi connectivity index (χ4v) is 7.51. The Balaban J connectivity index is 4.06. The summed E-state index contributed by atoms with van der Waals surface area (Å²) in [4.78, 5) is 34.9. The number of esters is 2. The van der Waals surface area contributed by atoms with Gasteiger partial charge in [-0.1, -0.05) is 179 Å². The first-order valence-corrected chi connectivity index (χ1v) is 25.3. The summed E-state index contributed by atoms with van der Waals surface area (Å²) in [6.45, 7) is 3.74. The van der Waals surface area contributed by atoms with Crippen molar-refractivity contribution in [2.75, 3.05) is 26.4 Å². The van der Waals surface area contributed by atoms with E-state index in [2.05, 4.69) is 38.2 Å². The second kappa shape index (κ2) is 44.1. The van der Waals surface area contributed by atoms with Crippen LogP contribution in [0.4, 0.5) is 0 Å². The van der Waals surface area contributed by atoms with Gasteiger partial charge in [0.2, 0.25) is 0 Å². The highest BCUT2D eigenvalue weighted by Crippen LogP contribution is 2.43. The van der Waals surface area contributed by atoms with E-state index in [-0.39, 0.29) is 38.6 Å². The topological polar surface area (TPSA) is 134 Å². The summed E-state index contributed by atoms with van der Waals surface area (Å²) < 4.78 is 32.8. The van der Waals surface area contributed by atoms with Crippen molar-refractivity contribution in [1.29, 1.82) is 0 Å². The Morgan fingerprint density at radius 1 is 0.509 bits per heavy atom. The number of allylic oxidation sites excluding steroid dienone is 4. The number of ether oxygens (including phenoxy) is 2. The Morgan fingerprint density at radius 3 is 1.25 bits per heavy atom. The quantitative estimate of drug-likeness (QED) is 0.0266. The molecular formula is C47H90NO8P. The van der Waals surface area contributed by atoms with Crippen molar-refractivity contribution in [1.82, 2.24) is 0 Å². The normalized spacial score (nSPS) is 13.4. The van der Waals surface area contributed by atoms with Gasteiger partial charge in [0.15, 0.2) is 6.10 Å². The van der Waals surface area contributed by atoms with Gasteiger partial charge in [0.05, 0.1) is 13.2 Å². The van der Waals surface area contributed by atoms with Gasteiger partial charge in [-0.3, -0.25) is 18.6 Å². The standard InChI is InChI=1S/C47H90NO8P/c1-3-5-7-9-11-13-15-17-19-20-21-22-23-24-26-27-29-31-33-35-37-39-46(49)53-43-45(44-55-57(51,52)54-42-41-48)56-47(50)40-38-36-34-32-30-28-25-18-16-14-12-10-8-6-4-2/h17-19,25,45H,3-16,20-24,26-44,48H2,1-2H3,(H,51,52)/b19-17+,25-18+/t45-/m0/s1. The first-order chi connectivity index (χ1) is 27.8. The van der Waals surface area contributed by atoms with E-state index in [9.17, 15) is 19.0 Å². The maximum Gasteiger partial charge on any atom is 0.472 e. The molecule has 0 fully saturated rings. The minimum atomic E-state index is -4.38. The lowest BCUT2D eigenvalue weighted by Gasteiger charge is -2.19. The molecule has 0 saturated carbocycles. The number of unbranched alkanes of at least 4 members (excludes halogenated alkanes) is 28. The van der Waals surface area contributed by atoms with Crippen molar-refractivity contribution in [3.63, 3.8) is 0 Å². The average molecular weight is 828 g/mol. The maximum atomic E-state index is 12.6. The summed E-state index contributed by atoms with van der Waals surface area (Å²) in [7, 11) is -4.38. The average Bonchev–Trinajstić information content (AvgIpc) is 3.20. The van der Waals surface area contributed by atoms with Gasteiger partial charge in [-0.2, -0.15) is 0 Å². The molecule has 0 aliphatic heterocycles. The summed E-state index contributed by atoms with van der Waals surface area (Å²) in [6, 6.07) is 0. The summed E-state index contributed by atoms with van der Waals surface area (Å²) in [5.74, 6) is -0.831. The first kappa shape index (κ1) is 55.5. The maximum absolute atomic E-state index is 12.6. The molecule has 57 heavy (non-hydrogen) atoms. The van der Waals surface area contributed by atoms with Crippen LogP contribution in [0.2, 0.25) is 0 Å². The molecule has 0 rings (SSSR count). The van der Waals surface area contributed by atoms with Gasteiger partial charge in [-0.05, 0) is 64.2 Å². The van der Waals surface area contributed by atoms with Crippen LogP contribution in [0.1, 0.15) is 232 Å². The molecule has 0 aromatic carbocycles. The second-order valence-corrected chi connectivity index (χ2v) is 17.4. The summed E-state index contributed by atoms with van der Waals surface area (Å²) in [5.41, 5.74) is 5.35. The van der Waals surface area contributed by atoms with Crippen LogP contribution < -0.4 is 5.73 Å². The number of hydrogen-bond acceptors (Lipinski definition) is 8. The zero-order valence-corrected chi connectivity index (χ0v) is 38.0. The first-order valence-electron chi connectivity index (χ1n) is 23.8. The molecule has 2 atom stereocenters. The van der Waals surface area contributed by atoms with Gasteiger partial charge in [0.1, 0.15) is 6.61 Å². The molecule has 0 aromatic rings. The molecule has 3 N–H and O–H groups in total. The largest absolute Gasteiger partial charge is 0.472 e. The van der Waals surface area contributed by atoms with Crippen LogP contribution in [0, 0.1) is 0 Å². The van der Waals surface area contributed by atoms with E-state index in [1.54, 1.807) is 0 Å². The predicted molar refractivity (Wildman–Crippen MR) is 238 cm³/mol. The number of carbonyl (C=O) groups is 2. The zero-order valence-electron chi connectivity index (χ0n) is 37.1. The second-order valence-electron chi connectivity index (χ2n) is 16.0. The molecule has 0 aliphatic carbocycles. The Hall–Kier alpha value is -1.51. The van der Waals surface area contributed by atoms with Crippen molar-refractivity contribution in [2.24, 2.45) is 5.73 Å². The SMILES string of the molecule is CCCCCCCC/C=C/CCCCCCCCCCCCCC(=O)OC[C@@H](COP(=O)(O)OCCN)OC(=O)CCCCCCC/C=C/CCCCCCCC. The third-order valence-corrected chi connectivity index (χ3v) is 11.3. The van der Waals surface area contributed by atoms with E-state index in [0.29, 0.717) is 6.42 Å². The Kier molecular flexibility index (Phi) is 42.9. The molecule has 0 heterocycles. The summed E-state index contributed by atoms with van der Waals surface area (Å²) >= 11 is 0. The van der Waals surface area contributed by atoms with E-state index in [1.165, 1.54) is 148 Å². The van der Waals surface area contributed by atoms with Gasteiger partial charge in [0.25, 0.3) is 0 Å². The number of hydrogen-bond donors (Lipinski definition) is 2. The Morgan fingerprint density at radius 2 is 0.860 bits per heavy atom. The minimum absolute atomic E-state index is 0.0533. The molecule has 0 aromatic heterocycles. The van der Waals surface area contributed by atoms with Crippen molar-refractivity contribution < 1.29 is 37.6 Å². The van der Waals surface area contributed by atoms with Gasteiger partial charge >= 0.3 is 19.8 Å². The van der Waals surface area contributed by atoms with Crippen LogP contribution in [-0.4, -0.2) is 49.3 Å². The molecular weight excluding hydrogens is 737 g/mol. The minimum Gasteiger partial charge on any atom is -0.462 e. The van der Waals surface area contributed by atoms with E-state index in [0.717, 1.165) is 51.4 Å². The zero-order chi connectivity index (χ0) is 41.8. The number of phosphoric acid groups is 1. The van der Waals surface area contributed by atoms with Gasteiger partial charge in [-0.15, -0.1) is 0 Å². The van der Waals surface area contributed by atoms with Crippen LogP contribution in [0.5, 0.6) is 0 Å². The Labute approximate surface area is 351 Å². The van der Waals surface area contributed by atoms with E-state index < -0.39 is 26.5 Å². The fourth-order valence-electron chi connectivity index (χ4n) is 6.74. The molecule has 0 amide bonds. The van der Waals surface area contributed by atoms with Crippen LogP contribution in [0.3, 0.4) is 0 Å². The highest BCUT2D eigenvalue weighted by Gasteiger charge is 2.26. The van der Waals surface area contributed by atoms with Crippen molar-refractivity contribution in [2.45, 2.75) is 238 Å². The fraction of sp³-hybridized carbons (Fsp3) is 0.872. The van der Waals surface area contributed by atoms with Crippen molar-refractivity contribution in [3.8, 4) is 0 Å². The molecule has 0 aliphatic rings. The van der Waals surface area contributed by atoms with Gasteiger partial charge in [-0.25, -0.2) is 4.57 Å². The molecule has 10 heteroatoms. The van der Waals surface area contributed by atoms with E-state index in [1.807, 2.05) is 0 Å². The lowest BCUT2D eigenvalue weighted by molar-refractivity contribution is -0.161. The molecule has 0 bridgehead atoms. The lowest BCUT2D eigenvalue weighted by Crippen LogP contribution is -2.29. The number of nitrogens with two attached hydrogens (primary N) is 1. The molecule has 336 valence electrons. The smallest absolute Gasteiger partial charge is 0.462 e. The van der Waals surface area contributed by atoms with Crippen molar-refractivity contribution in [3.05, 3.63) is 24.3 Å². The third-order valence-electron chi connectivity index (χ3n) is 10.3.